The summed E-state index contributed by atoms with van der Waals surface area (Å²) in [6.07, 6.45) is 6.25. The summed E-state index contributed by atoms with van der Waals surface area (Å²) >= 11 is 0. The minimum atomic E-state index is -0.480. The molecule has 5 nitrogen and oxygen atoms in total. The third-order valence-corrected chi connectivity index (χ3v) is 7.14. The number of fused-ring (bicyclic) bond motifs is 1. The molecule has 136 valence electrons. The van der Waals surface area contributed by atoms with E-state index >= 15 is 0 Å². The summed E-state index contributed by atoms with van der Waals surface area (Å²) in [4.78, 5) is 10.3. The van der Waals surface area contributed by atoms with Crippen LogP contribution in [-0.2, 0) is 23.7 Å². The zero-order chi connectivity index (χ0) is 16.9. The first kappa shape index (κ1) is 16.8. The van der Waals surface area contributed by atoms with Crippen LogP contribution < -0.4 is 0 Å². The maximum atomic E-state index is 10.3. The van der Waals surface area contributed by atoms with Gasteiger partial charge in [-0.3, -0.25) is 4.79 Å². The van der Waals surface area contributed by atoms with Crippen LogP contribution in [0.2, 0.25) is 0 Å². The summed E-state index contributed by atoms with van der Waals surface area (Å²) < 4.78 is 24.3. The van der Waals surface area contributed by atoms with Crippen LogP contribution in [0.25, 0.3) is 0 Å². The van der Waals surface area contributed by atoms with E-state index in [2.05, 4.69) is 20.8 Å². The third kappa shape index (κ3) is 2.35. The first-order valence-corrected chi connectivity index (χ1v) is 9.59. The van der Waals surface area contributed by atoms with Crippen LogP contribution in [0.5, 0.6) is 0 Å². The Bertz CT molecular complexity index is 496. The Kier molecular flexibility index (Phi) is 4.17. The molecule has 4 aliphatic rings. The topological polar surface area (TPSA) is 54.0 Å². The molecule has 3 saturated heterocycles. The fourth-order valence-electron chi connectivity index (χ4n) is 5.99. The zero-order valence-electron chi connectivity index (χ0n) is 15.0. The predicted molar refractivity (Wildman–Crippen MR) is 87.0 cm³/mol. The highest BCUT2D eigenvalue weighted by Crippen LogP contribution is 2.63. The van der Waals surface area contributed by atoms with Gasteiger partial charge in [0.1, 0.15) is 5.60 Å². The molecule has 0 N–H and O–H groups in total. The standard InChI is InChI=1S/C19H30O5/c1-12-6-7-15-13(2)16(5-4-10-21-11-20)22-17-19(15)14(12)8-9-18(3,23-17)24-19/h11-17H,4-10H2,1-3H3/t12-,13-,14+,15+,16-,17-,18+,19-/m1/s1. The largest absolute Gasteiger partial charge is 0.468 e. The molecule has 0 aromatic rings. The molecule has 0 aromatic carbocycles. The molecule has 3 heterocycles. The molecule has 3 aliphatic heterocycles. The zero-order valence-corrected chi connectivity index (χ0v) is 15.0. The quantitative estimate of drug-likeness (QED) is 0.569. The minimum absolute atomic E-state index is 0.154. The molecular weight excluding hydrogens is 308 g/mol. The molecule has 5 heteroatoms. The molecule has 1 aliphatic carbocycles. The van der Waals surface area contributed by atoms with E-state index in [0.717, 1.165) is 19.3 Å². The van der Waals surface area contributed by atoms with Crippen molar-refractivity contribution in [3.8, 4) is 0 Å². The smallest absolute Gasteiger partial charge is 0.293 e. The van der Waals surface area contributed by atoms with Gasteiger partial charge in [0.05, 0.1) is 12.7 Å². The van der Waals surface area contributed by atoms with Gasteiger partial charge < -0.3 is 18.9 Å². The summed E-state index contributed by atoms with van der Waals surface area (Å²) in [6, 6.07) is 0. The average Bonchev–Trinajstić information content (AvgIpc) is 2.77. The molecular formula is C19H30O5. The predicted octanol–water partition coefficient (Wildman–Crippen LogP) is 3.26. The van der Waals surface area contributed by atoms with E-state index in [4.69, 9.17) is 18.9 Å². The van der Waals surface area contributed by atoms with Crippen molar-refractivity contribution in [3.05, 3.63) is 0 Å². The van der Waals surface area contributed by atoms with Gasteiger partial charge in [0, 0.05) is 6.42 Å². The van der Waals surface area contributed by atoms with Gasteiger partial charge in [0.25, 0.3) is 6.47 Å². The van der Waals surface area contributed by atoms with Gasteiger partial charge >= 0.3 is 0 Å². The van der Waals surface area contributed by atoms with Crippen molar-refractivity contribution in [1.82, 2.24) is 0 Å². The van der Waals surface area contributed by atoms with E-state index in [0.29, 0.717) is 36.8 Å². The number of rotatable bonds is 5. The lowest BCUT2D eigenvalue weighted by atomic mass is 9.56. The van der Waals surface area contributed by atoms with E-state index in [9.17, 15) is 4.79 Å². The Labute approximate surface area is 144 Å². The highest BCUT2D eigenvalue weighted by Gasteiger charge is 2.71. The molecule has 0 unspecified atom stereocenters. The average molecular weight is 338 g/mol. The van der Waals surface area contributed by atoms with Crippen molar-refractivity contribution >= 4 is 6.47 Å². The third-order valence-electron chi connectivity index (χ3n) is 7.14. The Morgan fingerprint density at radius 3 is 2.83 bits per heavy atom. The van der Waals surface area contributed by atoms with Gasteiger partial charge in [-0.1, -0.05) is 13.8 Å². The van der Waals surface area contributed by atoms with Gasteiger partial charge in [0.15, 0.2) is 12.1 Å². The molecule has 0 radical (unpaired) electrons. The summed E-state index contributed by atoms with van der Waals surface area (Å²) in [6.45, 7) is 7.73. The molecule has 0 amide bonds. The van der Waals surface area contributed by atoms with Gasteiger partial charge in [-0.25, -0.2) is 0 Å². The lowest BCUT2D eigenvalue weighted by Gasteiger charge is -2.58. The van der Waals surface area contributed by atoms with Crippen LogP contribution in [0.4, 0.5) is 0 Å². The highest BCUT2D eigenvalue weighted by molar-refractivity contribution is 5.36. The molecule has 4 fully saturated rings. The van der Waals surface area contributed by atoms with Crippen LogP contribution in [0, 0.1) is 23.7 Å². The van der Waals surface area contributed by atoms with Gasteiger partial charge in [0.2, 0.25) is 0 Å². The maximum Gasteiger partial charge on any atom is 0.293 e. The molecule has 4 rings (SSSR count). The van der Waals surface area contributed by atoms with E-state index in [1.807, 2.05) is 0 Å². The monoisotopic (exact) mass is 338 g/mol. The summed E-state index contributed by atoms with van der Waals surface area (Å²) in [5.74, 6) is 1.67. The van der Waals surface area contributed by atoms with Crippen LogP contribution >= 0.6 is 0 Å². The van der Waals surface area contributed by atoms with E-state index < -0.39 is 5.79 Å². The van der Waals surface area contributed by atoms with Gasteiger partial charge in [-0.2, -0.15) is 0 Å². The van der Waals surface area contributed by atoms with Crippen LogP contribution in [0.3, 0.4) is 0 Å². The second-order valence-corrected chi connectivity index (χ2v) is 8.49. The number of hydrogen-bond donors (Lipinski definition) is 0. The van der Waals surface area contributed by atoms with Crippen LogP contribution in [0.15, 0.2) is 0 Å². The van der Waals surface area contributed by atoms with Crippen molar-refractivity contribution in [1.29, 1.82) is 0 Å². The van der Waals surface area contributed by atoms with Gasteiger partial charge in [-0.05, 0) is 62.7 Å². The summed E-state index contributed by atoms with van der Waals surface area (Å²) in [7, 11) is 0. The number of hydrogen-bond acceptors (Lipinski definition) is 5. The van der Waals surface area contributed by atoms with Crippen molar-refractivity contribution in [3.63, 3.8) is 0 Å². The normalized spacial score (nSPS) is 52.6. The summed E-state index contributed by atoms with van der Waals surface area (Å²) in [5.41, 5.74) is -0.250. The number of ether oxygens (including phenoxy) is 4. The lowest BCUT2D eigenvalue weighted by Crippen LogP contribution is -2.66. The van der Waals surface area contributed by atoms with Crippen molar-refractivity contribution in [2.45, 2.75) is 83.1 Å². The van der Waals surface area contributed by atoms with Crippen molar-refractivity contribution in [2.24, 2.45) is 23.7 Å². The Balaban J connectivity index is 1.57. The van der Waals surface area contributed by atoms with Crippen molar-refractivity contribution < 1.29 is 23.7 Å². The van der Waals surface area contributed by atoms with Crippen LogP contribution in [0.1, 0.15) is 59.3 Å². The minimum Gasteiger partial charge on any atom is -0.468 e. The fraction of sp³-hybridized carbons (Fsp3) is 0.947. The van der Waals surface area contributed by atoms with Crippen molar-refractivity contribution in [2.75, 3.05) is 6.61 Å². The highest BCUT2D eigenvalue weighted by atomic mass is 16.8. The maximum absolute atomic E-state index is 10.3. The van der Waals surface area contributed by atoms with Gasteiger partial charge in [-0.15, -0.1) is 0 Å². The second-order valence-electron chi connectivity index (χ2n) is 8.49. The SMILES string of the molecule is C[C@H]1[C@@H](CCCOC=O)O[C@@H]2O[C@]3(C)CC[C@H]4[C@H](C)CC[C@@H]1[C@@]24O3. The van der Waals surface area contributed by atoms with Crippen LogP contribution in [-0.4, -0.2) is 36.9 Å². The Morgan fingerprint density at radius 1 is 1.21 bits per heavy atom. The Hall–Kier alpha value is -0.650. The molecule has 1 spiro atoms. The lowest BCUT2D eigenvalue weighted by molar-refractivity contribution is -0.289. The first-order chi connectivity index (χ1) is 11.5. The first-order valence-electron chi connectivity index (χ1n) is 9.59. The Morgan fingerprint density at radius 2 is 2.04 bits per heavy atom. The molecule has 1 saturated carbocycles. The summed E-state index contributed by atoms with van der Waals surface area (Å²) in [5, 5.41) is 0. The van der Waals surface area contributed by atoms with E-state index in [-0.39, 0.29) is 18.0 Å². The second kappa shape index (κ2) is 5.96. The molecule has 2 bridgehead atoms. The van der Waals surface area contributed by atoms with E-state index in [1.54, 1.807) is 0 Å². The molecule has 0 aromatic heterocycles. The number of carbonyl (C=O) groups excluding carboxylic acids is 1. The number of carbonyl (C=O) groups is 1. The molecule has 24 heavy (non-hydrogen) atoms. The molecule has 8 atom stereocenters. The van der Waals surface area contributed by atoms with E-state index in [1.165, 1.54) is 19.3 Å². The fourth-order valence-corrected chi connectivity index (χ4v) is 5.99.